The molecule has 0 fully saturated rings. The number of nitrogens with zero attached hydrogens (tertiary/aromatic N) is 3. The molecule has 3 heterocycles. The molecule has 0 unspecified atom stereocenters. The van der Waals surface area contributed by atoms with E-state index in [0.29, 0.717) is 5.82 Å². The zero-order valence-corrected chi connectivity index (χ0v) is 28.5. The molecule has 240 valence electrons. The first kappa shape index (κ1) is 30.7. The van der Waals surface area contributed by atoms with Gasteiger partial charge in [0.2, 0.25) is 0 Å². The molecular formula is C47H31N3S. The van der Waals surface area contributed by atoms with Crippen LogP contribution in [-0.4, -0.2) is 15.0 Å². The van der Waals surface area contributed by atoms with E-state index in [0.717, 1.165) is 50.3 Å². The summed E-state index contributed by atoms with van der Waals surface area (Å²) < 4.78 is 0. The number of pyridine rings is 1. The third-order valence-electron chi connectivity index (χ3n) is 9.26. The van der Waals surface area contributed by atoms with Crippen LogP contribution in [0.3, 0.4) is 0 Å². The summed E-state index contributed by atoms with van der Waals surface area (Å²) in [5.74, 6) is 0.685. The van der Waals surface area contributed by atoms with Gasteiger partial charge in [-0.15, -0.1) is 0 Å². The van der Waals surface area contributed by atoms with Crippen LogP contribution in [0.25, 0.3) is 79.4 Å². The van der Waals surface area contributed by atoms with Crippen LogP contribution in [0.1, 0.15) is 11.1 Å². The molecule has 0 saturated heterocycles. The summed E-state index contributed by atoms with van der Waals surface area (Å²) in [6.45, 7) is 0. The number of aromatic nitrogens is 3. The Morgan fingerprint density at radius 2 is 0.941 bits per heavy atom. The van der Waals surface area contributed by atoms with E-state index in [1.165, 1.54) is 32.0 Å². The molecule has 1 aliphatic rings. The monoisotopic (exact) mass is 669 g/mol. The van der Waals surface area contributed by atoms with Crippen LogP contribution in [0.15, 0.2) is 186 Å². The molecular weight excluding hydrogens is 639 g/mol. The Morgan fingerprint density at radius 3 is 1.67 bits per heavy atom. The fourth-order valence-electron chi connectivity index (χ4n) is 6.66. The highest BCUT2D eigenvalue weighted by molar-refractivity contribution is 7.99. The quantitative estimate of drug-likeness (QED) is 0.187. The molecule has 8 aromatic rings. The average Bonchev–Trinajstić information content (AvgIpc) is 3.23. The average molecular weight is 670 g/mol. The summed E-state index contributed by atoms with van der Waals surface area (Å²) in [4.78, 5) is 17.0. The Kier molecular flexibility index (Phi) is 8.13. The highest BCUT2D eigenvalue weighted by atomic mass is 32.2. The fourth-order valence-corrected chi connectivity index (χ4v) is 7.77. The standard InChI is InChI=1S/C47H31N3S/c1-2-12-35(13-3-1)43-30-44(50-47(49-43)36-25-20-32(21-26-36)38-14-10-28-48-31-38)37-27-24-34-23-22-33-11-4-5-15-39(33)40-16-6-8-18-45(40)51-46-19-9-7-17-41(46)42(34)29-37/h1-31H/b23-22-. The summed E-state index contributed by atoms with van der Waals surface area (Å²) >= 11 is 1.82. The Labute approximate surface area is 302 Å². The summed E-state index contributed by atoms with van der Waals surface area (Å²) in [6.07, 6.45) is 8.17. The molecule has 6 aromatic carbocycles. The van der Waals surface area contributed by atoms with Crippen molar-refractivity contribution in [3.05, 3.63) is 187 Å². The zero-order valence-electron chi connectivity index (χ0n) is 27.6. The maximum Gasteiger partial charge on any atom is 0.160 e. The largest absolute Gasteiger partial charge is 0.264 e. The lowest BCUT2D eigenvalue weighted by atomic mass is 9.94. The molecule has 0 amide bonds. The second-order valence-electron chi connectivity index (χ2n) is 12.5. The zero-order chi connectivity index (χ0) is 34.0. The molecule has 0 atom stereocenters. The third-order valence-corrected chi connectivity index (χ3v) is 10.4. The van der Waals surface area contributed by atoms with Gasteiger partial charge in [0.15, 0.2) is 5.82 Å². The number of hydrogen-bond acceptors (Lipinski definition) is 4. The molecule has 0 N–H and O–H groups in total. The lowest BCUT2D eigenvalue weighted by Gasteiger charge is -2.15. The molecule has 51 heavy (non-hydrogen) atoms. The van der Waals surface area contributed by atoms with Crippen molar-refractivity contribution in [3.63, 3.8) is 0 Å². The summed E-state index contributed by atoms with van der Waals surface area (Å²) in [5.41, 5.74) is 14.1. The molecule has 1 aliphatic heterocycles. The van der Waals surface area contributed by atoms with E-state index in [1.54, 1.807) is 6.20 Å². The molecule has 0 aliphatic carbocycles. The minimum atomic E-state index is 0.685. The van der Waals surface area contributed by atoms with Gasteiger partial charge in [0.25, 0.3) is 0 Å². The van der Waals surface area contributed by atoms with Gasteiger partial charge in [-0.3, -0.25) is 4.98 Å². The Bertz CT molecular complexity index is 2540. The first-order valence-corrected chi connectivity index (χ1v) is 17.8. The van der Waals surface area contributed by atoms with Crippen LogP contribution in [0, 0.1) is 0 Å². The predicted molar refractivity (Wildman–Crippen MR) is 212 cm³/mol. The van der Waals surface area contributed by atoms with E-state index >= 15 is 0 Å². The Balaban J connectivity index is 1.21. The number of benzene rings is 6. The number of rotatable bonds is 4. The Morgan fingerprint density at radius 1 is 0.373 bits per heavy atom. The van der Waals surface area contributed by atoms with Crippen molar-refractivity contribution in [2.24, 2.45) is 0 Å². The van der Waals surface area contributed by atoms with Crippen molar-refractivity contribution in [2.75, 3.05) is 0 Å². The predicted octanol–water partition coefficient (Wildman–Crippen LogP) is 12.5. The van der Waals surface area contributed by atoms with E-state index in [9.17, 15) is 0 Å². The lowest BCUT2D eigenvalue weighted by Crippen LogP contribution is -1.97. The Hall–Kier alpha value is -6.36. The molecule has 3 nitrogen and oxygen atoms in total. The summed E-state index contributed by atoms with van der Waals surface area (Å²) in [7, 11) is 0. The van der Waals surface area contributed by atoms with Crippen LogP contribution in [0.4, 0.5) is 0 Å². The van der Waals surface area contributed by atoms with Crippen LogP contribution >= 0.6 is 11.8 Å². The highest BCUT2D eigenvalue weighted by Gasteiger charge is 2.17. The van der Waals surface area contributed by atoms with Crippen molar-refractivity contribution < 1.29 is 0 Å². The van der Waals surface area contributed by atoms with Gasteiger partial charge in [0.1, 0.15) is 0 Å². The second-order valence-corrected chi connectivity index (χ2v) is 13.5. The minimum Gasteiger partial charge on any atom is -0.264 e. The first-order chi connectivity index (χ1) is 25.3. The summed E-state index contributed by atoms with van der Waals surface area (Å²) in [6, 6.07) is 57.7. The van der Waals surface area contributed by atoms with Gasteiger partial charge >= 0.3 is 0 Å². The van der Waals surface area contributed by atoms with Gasteiger partial charge in [-0.2, -0.15) is 0 Å². The maximum absolute atomic E-state index is 5.21. The van der Waals surface area contributed by atoms with Gasteiger partial charge in [-0.25, -0.2) is 9.97 Å². The minimum absolute atomic E-state index is 0.685. The SMILES string of the molecule is C1=C\c2ccc(-c3cc(-c4ccccc4)nc(-c4ccc(-c5cccnc5)cc4)n3)cc2-c2ccccc2Sc2ccccc2-c2ccccc2/1. The van der Waals surface area contributed by atoms with Gasteiger partial charge in [-0.1, -0.05) is 157 Å². The second kappa shape index (κ2) is 13.5. The van der Waals surface area contributed by atoms with Crippen molar-refractivity contribution in [2.45, 2.75) is 9.79 Å². The van der Waals surface area contributed by atoms with Crippen LogP contribution in [-0.2, 0) is 0 Å². The molecule has 0 spiro atoms. The van der Waals surface area contributed by atoms with Crippen LogP contribution in [0.5, 0.6) is 0 Å². The normalized spacial score (nSPS) is 12.4. The van der Waals surface area contributed by atoms with Crippen molar-refractivity contribution in [1.82, 2.24) is 15.0 Å². The molecule has 9 rings (SSSR count). The topological polar surface area (TPSA) is 38.7 Å². The third kappa shape index (κ3) is 6.18. The van der Waals surface area contributed by atoms with Crippen molar-refractivity contribution in [3.8, 4) is 67.3 Å². The van der Waals surface area contributed by atoms with Crippen molar-refractivity contribution >= 4 is 23.9 Å². The fraction of sp³-hybridized carbons (Fsp3) is 0. The van der Waals surface area contributed by atoms with E-state index < -0.39 is 0 Å². The van der Waals surface area contributed by atoms with E-state index in [1.807, 2.05) is 30.1 Å². The summed E-state index contributed by atoms with van der Waals surface area (Å²) in [5, 5.41) is 0. The molecule has 4 heteroatoms. The van der Waals surface area contributed by atoms with Gasteiger partial charge < -0.3 is 0 Å². The number of hydrogen-bond donors (Lipinski definition) is 0. The number of fused-ring (bicyclic) bond motifs is 6. The van der Waals surface area contributed by atoms with Crippen LogP contribution < -0.4 is 0 Å². The van der Waals surface area contributed by atoms with Gasteiger partial charge in [-0.05, 0) is 74.8 Å². The molecule has 0 saturated carbocycles. The molecule has 0 radical (unpaired) electrons. The van der Waals surface area contributed by atoms with Gasteiger partial charge in [0, 0.05) is 38.9 Å². The highest BCUT2D eigenvalue weighted by Crippen LogP contribution is 2.44. The lowest BCUT2D eigenvalue weighted by molar-refractivity contribution is 1.18. The molecule has 0 bridgehead atoms. The smallest absolute Gasteiger partial charge is 0.160 e. The maximum atomic E-state index is 5.21. The van der Waals surface area contributed by atoms with Crippen LogP contribution in [0.2, 0.25) is 0 Å². The van der Waals surface area contributed by atoms with E-state index in [-0.39, 0.29) is 0 Å². The van der Waals surface area contributed by atoms with Gasteiger partial charge in [0.05, 0.1) is 11.4 Å². The van der Waals surface area contributed by atoms with E-state index in [2.05, 4.69) is 169 Å². The van der Waals surface area contributed by atoms with Crippen molar-refractivity contribution in [1.29, 1.82) is 0 Å². The molecule has 2 aromatic heterocycles. The van der Waals surface area contributed by atoms with E-state index in [4.69, 9.17) is 9.97 Å². The first-order valence-electron chi connectivity index (χ1n) is 17.0.